The Balaban J connectivity index is 2.87. The van der Waals surface area contributed by atoms with Gasteiger partial charge >= 0.3 is 0 Å². The lowest BCUT2D eigenvalue weighted by molar-refractivity contribution is 0.281. The molecule has 0 amide bonds. The molecule has 2 aromatic rings. The van der Waals surface area contributed by atoms with E-state index in [1.807, 2.05) is 6.92 Å². The summed E-state index contributed by atoms with van der Waals surface area (Å²) in [6, 6.07) is 3.48. The standard InChI is InChI=1S/C10H10N2O2/c1-6-2-9-8(3-7(6)4-13)10(14)12-5-11-9/h2-3,5,13H,4H2,1H3,(H,11,12,14). The summed E-state index contributed by atoms with van der Waals surface area (Å²) < 4.78 is 0. The molecule has 72 valence electrons. The average Bonchev–Trinajstić information content (AvgIpc) is 2.17. The molecule has 0 unspecified atom stereocenters. The molecule has 0 radical (unpaired) electrons. The van der Waals surface area contributed by atoms with Crippen molar-refractivity contribution in [3.63, 3.8) is 0 Å². The summed E-state index contributed by atoms with van der Waals surface area (Å²) in [5, 5.41) is 9.55. The quantitative estimate of drug-likeness (QED) is 0.696. The van der Waals surface area contributed by atoms with Crippen molar-refractivity contribution in [2.24, 2.45) is 0 Å². The van der Waals surface area contributed by atoms with Gasteiger partial charge in [0.05, 0.1) is 23.8 Å². The van der Waals surface area contributed by atoms with Crippen molar-refractivity contribution in [1.82, 2.24) is 9.97 Å². The minimum absolute atomic E-state index is 0.0594. The molecule has 0 bridgehead atoms. The molecule has 2 N–H and O–H groups in total. The maximum Gasteiger partial charge on any atom is 0.258 e. The predicted molar refractivity (Wildman–Crippen MR) is 53.0 cm³/mol. The number of aliphatic hydroxyl groups is 1. The number of aliphatic hydroxyl groups excluding tert-OH is 1. The average molecular weight is 190 g/mol. The monoisotopic (exact) mass is 190 g/mol. The van der Waals surface area contributed by atoms with Crippen LogP contribution < -0.4 is 5.56 Å². The highest BCUT2D eigenvalue weighted by Crippen LogP contribution is 2.14. The minimum Gasteiger partial charge on any atom is -0.392 e. The molecule has 4 nitrogen and oxygen atoms in total. The van der Waals surface area contributed by atoms with Gasteiger partial charge in [0.15, 0.2) is 0 Å². The summed E-state index contributed by atoms with van der Waals surface area (Å²) in [7, 11) is 0. The first-order valence-corrected chi connectivity index (χ1v) is 4.30. The number of nitrogens with one attached hydrogen (secondary N) is 1. The third-order valence-corrected chi connectivity index (χ3v) is 2.27. The Bertz CT molecular complexity index is 531. The van der Waals surface area contributed by atoms with Crippen molar-refractivity contribution in [3.8, 4) is 0 Å². The number of fused-ring (bicyclic) bond motifs is 1. The summed E-state index contributed by atoms with van der Waals surface area (Å²) in [6.07, 6.45) is 1.38. The summed E-state index contributed by atoms with van der Waals surface area (Å²) in [4.78, 5) is 17.9. The number of rotatable bonds is 1. The maximum absolute atomic E-state index is 11.4. The third kappa shape index (κ3) is 1.29. The van der Waals surface area contributed by atoms with Gasteiger partial charge in [0.25, 0.3) is 5.56 Å². The van der Waals surface area contributed by atoms with Gasteiger partial charge in [0.1, 0.15) is 0 Å². The molecule has 1 aromatic carbocycles. The number of benzene rings is 1. The Morgan fingerprint density at radius 1 is 1.50 bits per heavy atom. The molecule has 1 aromatic heterocycles. The van der Waals surface area contributed by atoms with Gasteiger partial charge in [-0.1, -0.05) is 0 Å². The first-order chi connectivity index (χ1) is 6.72. The number of hydrogen-bond donors (Lipinski definition) is 2. The predicted octanol–water partition coefficient (Wildman–Crippen LogP) is 0.724. The number of aromatic nitrogens is 2. The first kappa shape index (κ1) is 8.90. The molecule has 14 heavy (non-hydrogen) atoms. The van der Waals surface area contributed by atoms with Gasteiger partial charge < -0.3 is 10.1 Å². The Kier molecular flexibility index (Phi) is 2.05. The van der Waals surface area contributed by atoms with Crippen LogP contribution in [0.2, 0.25) is 0 Å². The minimum atomic E-state index is -0.176. The van der Waals surface area contributed by atoms with Crippen LogP contribution in [0, 0.1) is 6.92 Å². The van der Waals surface area contributed by atoms with Crippen LogP contribution in [-0.2, 0) is 6.61 Å². The van der Waals surface area contributed by atoms with Gasteiger partial charge in [-0.15, -0.1) is 0 Å². The molecular weight excluding hydrogens is 180 g/mol. The Morgan fingerprint density at radius 2 is 2.29 bits per heavy atom. The molecule has 0 atom stereocenters. The molecule has 0 saturated heterocycles. The molecule has 2 rings (SSSR count). The van der Waals surface area contributed by atoms with E-state index >= 15 is 0 Å². The molecule has 0 aliphatic heterocycles. The second kappa shape index (κ2) is 3.23. The fourth-order valence-corrected chi connectivity index (χ4v) is 1.43. The second-order valence-electron chi connectivity index (χ2n) is 3.19. The number of hydrogen-bond acceptors (Lipinski definition) is 3. The van der Waals surface area contributed by atoms with Crippen molar-refractivity contribution < 1.29 is 5.11 Å². The van der Waals surface area contributed by atoms with Crippen LogP contribution in [0.25, 0.3) is 10.9 Å². The highest BCUT2D eigenvalue weighted by Gasteiger charge is 2.03. The highest BCUT2D eigenvalue weighted by molar-refractivity contribution is 5.79. The Hall–Kier alpha value is -1.68. The number of nitrogens with zero attached hydrogens (tertiary/aromatic N) is 1. The normalized spacial score (nSPS) is 10.7. The molecule has 0 aliphatic rings. The van der Waals surface area contributed by atoms with Crippen LogP contribution >= 0.6 is 0 Å². The fourth-order valence-electron chi connectivity index (χ4n) is 1.43. The number of H-pyrrole nitrogens is 1. The van der Waals surface area contributed by atoms with Gasteiger partial charge in [-0.05, 0) is 30.2 Å². The van der Waals surface area contributed by atoms with Gasteiger partial charge in [0, 0.05) is 0 Å². The second-order valence-corrected chi connectivity index (χ2v) is 3.19. The van der Waals surface area contributed by atoms with Crippen LogP contribution in [0.5, 0.6) is 0 Å². The van der Waals surface area contributed by atoms with Crippen molar-refractivity contribution in [2.45, 2.75) is 13.5 Å². The van der Waals surface area contributed by atoms with E-state index in [-0.39, 0.29) is 12.2 Å². The molecule has 4 heteroatoms. The maximum atomic E-state index is 11.4. The molecule has 0 aliphatic carbocycles. The Morgan fingerprint density at radius 3 is 3.00 bits per heavy atom. The summed E-state index contributed by atoms with van der Waals surface area (Å²) in [5.74, 6) is 0. The van der Waals surface area contributed by atoms with E-state index in [0.29, 0.717) is 10.9 Å². The number of aryl methyl sites for hydroxylation is 1. The lowest BCUT2D eigenvalue weighted by atomic mass is 10.1. The molecule has 0 fully saturated rings. The van der Waals surface area contributed by atoms with E-state index in [1.54, 1.807) is 12.1 Å². The fraction of sp³-hybridized carbons (Fsp3) is 0.200. The highest BCUT2D eigenvalue weighted by atomic mass is 16.3. The van der Waals surface area contributed by atoms with Crippen LogP contribution in [0.1, 0.15) is 11.1 Å². The van der Waals surface area contributed by atoms with Crippen LogP contribution in [0.3, 0.4) is 0 Å². The van der Waals surface area contributed by atoms with E-state index in [2.05, 4.69) is 9.97 Å². The molecule has 1 heterocycles. The smallest absolute Gasteiger partial charge is 0.258 e. The SMILES string of the molecule is Cc1cc2nc[nH]c(=O)c2cc1CO. The first-order valence-electron chi connectivity index (χ1n) is 4.30. The number of aromatic amines is 1. The van der Waals surface area contributed by atoms with E-state index in [0.717, 1.165) is 11.1 Å². The largest absolute Gasteiger partial charge is 0.392 e. The van der Waals surface area contributed by atoms with Crippen molar-refractivity contribution >= 4 is 10.9 Å². The van der Waals surface area contributed by atoms with Crippen molar-refractivity contribution in [3.05, 3.63) is 39.9 Å². The van der Waals surface area contributed by atoms with Gasteiger partial charge in [-0.3, -0.25) is 4.79 Å². The van der Waals surface area contributed by atoms with Crippen LogP contribution in [0.15, 0.2) is 23.3 Å². The summed E-state index contributed by atoms with van der Waals surface area (Å²) in [6.45, 7) is 1.82. The zero-order chi connectivity index (χ0) is 10.1. The summed E-state index contributed by atoms with van der Waals surface area (Å²) in [5.41, 5.74) is 2.18. The molecular formula is C10H10N2O2. The van der Waals surface area contributed by atoms with E-state index in [1.165, 1.54) is 6.33 Å². The van der Waals surface area contributed by atoms with Gasteiger partial charge in [-0.2, -0.15) is 0 Å². The van der Waals surface area contributed by atoms with E-state index < -0.39 is 0 Å². The zero-order valence-electron chi connectivity index (χ0n) is 7.74. The van der Waals surface area contributed by atoms with E-state index in [4.69, 9.17) is 5.11 Å². The van der Waals surface area contributed by atoms with Gasteiger partial charge in [0.2, 0.25) is 0 Å². The Labute approximate surface area is 80.2 Å². The molecule has 0 saturated carbocycles. The lowest BCUT2D eigenvalue weighted by Crippen LogP contribution is -2.07. The molecule has 0 spiro atoms. The van der Waals surface area contributed by atoms with Crippen LogP contribution in [0.4, 0.5) is 0 Å². The van der Waals surface area contributed by atoms with E-state index in [9.17, 15) is 4.79 Å². The lowest BCUT2D eigenvalue weighted by Gasteiger charge is -2.03. The van der Waals surface area contributed by atoms with Gasteiger partial charge in [-0.25, -0.2) is 4.98 Å². The summed E-state index contributed by atoms with van der Waals surface area (Å²) >= 11 is 0. The van der Waals surface area contributed by atoms with Crippen LogP contribution in [-0.4, -0.2) is 15.1 Å². The van der Waals surface area contributed by atoms with Crippen molar-refractivity contribution in [1.29, 1.82) is 0 Å². The zero-order valence-corrected chi connectivity index (χ0v) is 7.74. The van der Waals surface area contributed by atoms with Crippen molar-refractivity contribution in [2.75, 3.05) is 0 Å². The third-order valence-electron chi connectivity index (χ3n) is 2.27. The topological polar surface area (TPSA) is 66.0 Å².